The van der Waals surface area contributed by atoms with Crippen LogP contribution in [0.15, 0.2) is 64.6 Å². The third-order valence-corrected chi connectivity index (χ3v) is 4.83. The van der Waals surface area contributed by atoms with Crippen molar-refractivity contribution in [1.29, 1.82) is 0 Å². The van der Waals surface area contributed by atoms with Gasteiger partial charge < -0.3 is 14.6 Å². The van der Waals surface area contributed by atoms with Crippen LogP contribution in [0.4, 0.5) is 0 Å². The smallest absolute Gasteiger partial charge is 0.250 e. The summed E-state index contributed by atoms with van der Waals surface area (Å²) in [5.41, 5.74) is 5.47. The topological polar surface area (TPSA) is 85.6 Å². The second kappa shape index (κ2) is 9.84. The van der Waals surface area contributed by atoms with E-state index in [0.717, 1.165) is 46.0 Å². The molecular weight excluding hydrogens is 392 g/mol. The minimum Gasteiger partial charge on any atom is -0.497 e. The van der Waals surface area contributed by atoms with Crippen LogP contribution >= 0.6 is 0 Å². The number of nitrogens with zero attached hydrogens (tertiary/aromatic N) is 3. The first-order valence-electron chi connectivity index (χ1n) is 10.0. The van der Waals surface area contributed by atoms with Gasteiger partial charge in [0.25, 0.3) is 5.56 Å². The number of carbonyl (C=O) groups is 1. The summed E-state index contributed by atoms with van der Waals surface area (Å²) in [6.07, 6.45) is 3.63. The van der Waals surface area contributed by atoms with Crippen LogP contribution in [0.2, 0.25) is 0 Å². The average molecular weight is 418 g/mol. The molecule has 0 aliphatic carbocycles. The number of hydrogen-bond donors (Lipinski definition) is 1. The third kappa shape index (κ3) is 5.06. The van der Waals surface area contributed by atoms with Crippen LogP contribution in [-0.4, -0.2) is 34.8 Å². The summed E-state index contributed by atoms with van der Waals surface area (Å²) in [7, 11) is 3.41. The molecule has 31 heavy (non-hydrogen) atoms. The highest BCUT2D eigenvalue weighted by molar-refractivity contribution is 6.16. The molecule has 0 fully saturated rings. The molecule has 1 aliphatic rings. The Bertz CT molecular complexity index is 1170. The molecule has 1 aliphatic heterocycles. The predicted octanol–water partition coefficient (Wildman–Crippen LogP) is 2.95. The highest BCUT2D eigenvalue weighted by Gasteiger charge is 2.21. The lowest BCUT2D eigenvalue weighted by Crippen LogP contribution is -2.18. The normalized spacial score (nSPS) is 11.7. The van der Waals surface area contributed by atoms with E-state index in [-0.39, 0.29) is 11.5 Å². The molecule has 1 N–H and O–H groups in total. The van der Waals surface area contributed by atoms with E-state index in [9.17, 15) is 9.59 Å². The molecule has 7 heteroatoms. The Kier molecular flexibility index (Phi) is 6.97. The number of hydrogen-bond acceptors (Lipinski definition) is 5. The van der Waals surface area contributed by atoms with Crippen molar-refractivity contribution in [3.05, 3.63) is 82.0 Å². The molecule has 160 valence electrons. The summed E-state index contributed by atoms with van der Waals surface area (Å²) in [5.74, 6) is 0.799. The molecular formula is C24H26N4O3. The van der Waals surface area contributed by atoms with Crippen LogP contribution in [0.3, 0.4) is 0 Å². The van der Waals surface area contributed by atoms with Crippen molar-refractivity contribution in [3.8, 4) is 16.9 Å². The summed E-state index contributed by atoms with van der Waals surface area (Å²) < 4.78 is 7.00. The van der Waals surface area contributed by atoms with Crippen molar-refractivity contribution in [2.24, 2.45) is 12.0 Å². The van der Waals surface area contributed by atoms with E-state index in [1.165, 1.54) is 6.92 Å². The monoisotopic (exact) mass is 418 g/mol. The Morgan fingerprint density at radius 3 is 2.58 bits per heavy atom. The van der Waals surface area contributed by atoms with Gasteiger partial charge in [-0.2, -0.15) is 0 Å². The summed E-state index contributed by atoms with van der Waals surface area (Å²) >= 11 is 0. The van der Waals surface area contributed by atoms with Crippen molar-refractivity contribution in [2.75, 3.05) is 13.7 Å². The van der Waals surface area contributed by atoms with Gasteiger partial charge in [-0.3, -0.25) is 19.6 Å². The minimum atomic E-state index is -0.0368. The largest absolute Gasteiger partial charge is 0.497 e. The molecule has 1 amide bonds. The maximum atomic E-state index is 12.0. The standard InChI is InChI=1S/C20H17N3O2.C4H9NO/c1-23-12-17-13(9-19(23)24)11-22-20(18-5-3-4-8-21-18)16-10-14(25-2)6-7-15(16)17;1-3-5-4(2)6/h3-10,12H,11H2,1-2H3;3H2,1-2H3,(H,5,6). The van der Waals surface area contributed by atoms with E-state index in [2.05, 4.69) is 10.3 Å². The van der Waals surface area contributed by atoms with Gasteiger partial charge in [0.05, 0.1) is 25.1 Å². The van der Waals surface area contributed by atoms with Crippen molar-refractivity contribution in [3.63, 3.8) is 0 Å². The fourth-order valence-electron chi connectivity index (χ4n) is 3.34. The maximum absolute atomic E-state index is 12.0. The molecule has 0 atom stereocenters. The van der Waals surface area contributed by atoms with Crippen molar-refractivity contribution in [2.45, 2.75) is 20.4 Å². The molecule has 0 saturated carbocycles. The molecule has 0 unspecified atom stereocenters. The Hall–Kier alpha value is -3.74. The van der Waals surface area contributed by atoms with Crippen molar-refractivity contribution < 1.29 is 9.53 Å². The van der Waals surface area contributed by atoms with E-state index in [0.29, 0.717) is 6.54 Å². The average Bonchev–Trinajstić information content (AvgIpc) is 2.91. The first-order chi connectivity index (χ1) is 14.9. The van der Waals surface area contributed by atoms with Gasteiger partial charge in [-0.15, -0.1) is 0 Å². The minimum absolute atomic E-state index is 0.0368. The van der Waals surface area contributed by atoms with Gasteiger partial charge in [0.15, 0.2) is 0 Å². The van der Waals surface area contributed by atoms with Gasteiger partial charge in [0.2, 0.25) is 5.91 Å². The van der Waals surface area contributed by atoms with Crippen LogP contribution in [0.25, 0.3) is 11.1 Å². The van der Waals surface area contributed by atoms with Crippen molar-refractivity contribution >= 4 is 11.6 Å². The van der Waals surface area contributed by atoms with Crippen molar-refractivity contribution in [1.82, 2.24) is 14.9 Å². The van der Waals surface area contributed by atoms with E-state index >= 15 is 0 Å². The third-order valence-electron chi connectivity index (χ3n) is 4.83. The molecule has 2 aromatic heterocycles. The summed E-state index contributed by atoms with van der Waals surface area (Å²) in [6.45, 7) is 4.56. The van der Waals surface area contributed by atoms with Crippen LogP contribution in [0, 0.1) is 0 Å². The molecule has 3 heterocycles. The van der Waals surface area contributed by atoms with Gasteiger partial charge in [0.1, 0.15) is 5.75 Å². The van der Waals surface area contributed by atoms with E-state index in [4.69, 9.17) is 9.73 Å². The lowest BCUT2D eigenvalue weighted by Gasteiger charge is -2.13. The number of benzene rings is 1. The number of ether oxygens (including phenoxy) is 1. The number of rotatable bonds is 3. The van der Waals surface area contributed by atoms with E-state index in [1.807, 2.05) is 49.5 Å². The second-order valence-electron chi connectivity index (χ2n) is 7.04. The molecule has 0 spiro atoms. The summed E-state index contributed by atoms with van der Waals surface area (Å²) in [5, 5.41) is 2.57. The molecule has 0 radical (unpaired) electrons. The number of fused-ring (bicyclic) bond motifs is 3. The zero-order valence-electron chi connectivity index (χ0n) is 18.2. The SMILES string of the molecule is CCNC(C)=O.COc1ccc2c(c1)C(c1ccccn1)=NCc1cc(=O)n(C)cc1-2. The van der Waals surface area contributed by atoms with Crippen LogP contribution in [0.5, 0.6) is 5.75 Å². The van der Waals surface area contributed by atoms with E-state index in [1.54, 1.807) is 31.0 Å². The van der Waals surface area contributed by atoms with Crippen LogP contribution in [0.1, 0.15) is 30.7 Å². The molecule has 7 nitrogen and oxygen atoms in total. The number of amides is 1. The number of carbonyl (C=O) groups excluding carboxylic acids is 1. The lowest BCUT2D eigenvalue weighted by atomic mass is 9.94. The molecule has 1 aromatic carbocycles. The fourth-order valence-corrected chi connectivity index (χ4v) is 3.34. The molecule has 3 aromatic rings. The van der Waals surface area contributed by atoms with Crippen LogP contribution in [-0.2, 0) is 18.4 Å². The second-order valence-corrected chi connectivity index (χ2v) is 7.04. The zero-order valence-corrected chi connectivity index (χ0v) is 18.2. The number of aryl methyl sites for hydroxylation is 1. The zero-order chi connectivity index (χ0) is 22.4. The number of nitrogens with one attached hydrogen (secondary N) is 1. The summed E-state index contributed by atoms with van der Waals surface area (Å²) in [4.78, 5) is 31.2. The number of aromatic nitrogens is 2. The van der Waals surface area contributed by atoms with Gasteiger partial charge in [-0.05, 0) is 48.4 Å². The highest BCUT2D eigenvalue weighted by Crippen LogP contribution is 2.33. The van der Waals surface area contributed by atoms with Gasteiger partial charge in [-0.25, -0.2) is 0 Å². The Balaban J connectivity index is 0.000000401. The first-order valence-corrected chi connectivity index (χ1v) is 10.0. The van der Waals surface area contributed by atoms with E-state index < -0.39 is 0 Å². The Morgan fingerprint density at radius 1 is 1.16 bits per heavy atom. The van der Waals surface area contributed by atoms with Gasteiger partial charge in [-0.1, -0.05) is 6.07 Å². The van der Waals surface area contributed by atoms with Gasteiger partial charge >= 0.3 is 0 Å². The number of methoxy groups -OCH3 is 1. The number of aliphatic imine (C=N–C) groups is 1. The quantitative estimate of drug-likeness (QED) is 0.709. The predicted molar refractivity (Wildman–Crippen MR) is 122 cm³/mol. The lowest BCUT2D eigenvalue weighted by molar-refractivity contribution is -0.118. The highest BCUT2D eigenvalue weighted by atomic mass is 16.5. The first kappa shape index (κ1) is 22.0. The van der Waals surface area contributed by atoms with Crippen LogP contribution < -0.4 is 15.6 Å². The Morgan fingerprint density at radius 2 is 1.97 bits per heavy atom. The molecule has 4 rings (SSSR count). The van der Waals surface area contributed by atoms with Gasteiger partial charge in [0, 0.05) is 50.1 Å². The molecule has 0 bridgehead atoms. The Labute approximate surface area is 181 Å². The fraction of sp³-hybridized carbons (Fsp3) is 0.250. The number of pyridine rings is 2. The summed E-state index contributed by atoms with van der Waals surface area (Å²) in [6, 6.07) is 13.3. The maximum Gasteiger partial charge on any atom is 0.250 e. The molecule has 0 saturated heterocycles.